The van der Waals surface area contributed by atoms with Crippen LogP contribution >= 0.6 is 0 Å². The average molecular weight is 495 g/mol. The van der Waals surface area contributed by atoms with Crippen LogP contribution in [0.1, 0.15) is 79.4 Å². The third-order valence-electron chi connectivity index (χ3n) is 5.97. The number of hydrogen-bond donors (Lipinski definition) is 0. The van der Waals surface area contributed by atoms with E-state index in [1.54, 1.807) is 0 Å². The summed E-state index contributed by atoms with van der Waals surface area (Å²) in [6, 6.07) is 21.9. The number of aryl methyl sites for hydroxylation is 1. The third-order valence-corrected chi connectivity index (χ3v) is 5.97. The van der Waals surface area contributed by atoms with Crippen LogP contribution in [-0.2, 0) is 11.2 Å². The fraction of sp³-hybridized carbons (Fsp3) is 0.290. The number of nitrogens with zero attached hydrogens (tertiary/aromatic N) is 2. The Balaban J connectivity index is 1.96. The topological polar surface area (TPSA) is 100 Å². The highest BCUT2D eigenvalue weighted by Crippen LogP contribution is 2.32. The van der Waals surface area contributed by atoms with Crippen LogP contribution < -0.4 is 9.47 Å². The number of rotatable bonds is 11. The summed E-state index contributed by atoms with van der Waals surface area (Å²) < 4.78 is 11.0. The molecule has 0 saturated heterocycles. The number of unbranched alkanes of at least 4 members (excludes halogenated alkanes) is 3. The second kappa shape index (κ2) is 13.6. The van der Waals surface area contributed by atoms with Gasteiger partial charge in [0, 0.05) is 6.42 Å². The fourth-order valence-corrected chi connectivity index (χ4v) is 3.97. The third kappa shape index (κ3) is 7.06. The van der Waals surface area contributed by atoms with Crippen LogP contribution in [0.25, 0.3) is 11.1 Å². The Labute approximate surface area is 218 Å². The molecule has 0 aromatic heterocycles. The second-order valence-electron chi connectivity index (χ2n) is 8.71. The van der Waals surface area contributed by atoms with Crippen molar-refractivity contribution in [1.82, 2.24) is 0 Å². The molecule has 0 aliphatic carbocycles. The summed E-state index contributed by atoms with van der Waals surface area (Å²) in [5.41, 5.74) is 2.67. The molecule has 0 aliphatic heterocycles. The molecular formula is C31H30N2O4. The van der Waals surface area contributed by atoms with Crippen molar-refractivity contribution in [3.8, 4) is 34.8 Å². The maximum absolute atomic E-state index is 13.4. The molecule has 0 N–H and O–H groups in total. The summed E-state index contributed by atoms with van der Waals surface area (Å²) in [4.78, 5) is 25.5. The zero-order valence-electron chi connectivity index (χ0n) is 21.3. The Morgan fingerprint density at radius 1 is 0.784 bits per heavy atom. The van der Waals surface area contributed by atoms with Crippen molar-refractivity contribution in [2.24, 2.45) is 0 Å². The highest BCUT2D eigenvalue weighted by atomic mass is 16.5. The molecule has 37 heavy (non-hydrogen) atoms. The molecular weight excluding hydrogens is 464 g/mol. The number of nitriles is 2. The van der Waals surface area contributed by atoms with Crippen LogP contribution in [0.3, 0.4) is 0 Å². The van der Waals surface area contributed by atoms with E-state index in [0.717, 1.165) is 43.2 Å². The molecule has 188 valence electrons. The summed E-state index contributed by atoms with van der Waals surface area (Å²) >= 11 is 0. The molecule has 6 heteroatoms. The van der Waals surface area contributed by atoms with Crippen molar-refractivity contribution in [2.45, 2.75) is 58.8 Å². The lowest BCUT2D eigenvalue weighted by Crippen LogP contribution is -2.13. The van der Waals surface area contributed by atoms with E-state index in [9.17, 15) is 20.1 Å². The molecule has 0 radical (unpaired) electrons. The first-order valence-electron chi connectivity index (χ1n) is 12.6. The molecule has 0 heterocycles. The standard InChI is InChI=1S/C31H30N2O4/c1-3-5-8-11-22-15-16-24(23-12-9-7-10-13-23)25(19-22)31(35)37-29-18-17-28(26(20-32)27(29)21-33)36-30(34)14-6-4-2/h7,9-10,12-13,15-19H,3-6,8,11,14H2,1-2H3. The van der Waals surface area contributed by atoms with Gasteiger partial charge in [-0.3, -0.25) is 4.79 Å². The summed E-state index contributed by atoms with van der Waals surface area (Å²) in [6.07, 6.45) is 5.72. The summed E-state index contributed by atoms with van der Waals surface area (Å²) in [7, 11) is 0. The minimum absolute atomic E-state index is 0.0251. The first-order chi connectivity index (χ1) is 18.0. The molecule has 0 atom stereocenters. The van der Waals surface area contributed by atoms with Gasteiger partial charge in [0.05, 0.1) is 5.56 Å². The molecule has 6 nitrogen and oxygen atoms in total. The quantitative estimate of drug-likeness (QED) is 0.159. The van der Waals surface area contributed by atoms with Gasteiger partial charge < -0.3 is 9.47 Å². The molecule has 0 bridgehead atoms. The van der Waals surface area contributed by atoms with Crippen molar-refractivity contribution in [1.29, 1.82) is 10.5 Å². The molecule has 3 aromatic rings. The van der Waals surface area contributed by atoms with E-state index in [2.05, 4.69) is 6.92 Å². The smallest absolute Gasteiger partial charge is 0.344 e. The number of esters is 2. The van der Waals surface area contributed by atoms with Crippen LogP contribution in [0.4, 0.5) is 0 Å². The van der Waals surface area contributed by atoms with Crippen LogP contribution in [0.15, 0.2) is 60.7 Å². The van der Waals surface area contributed by atoms with Gasteiger partial charge in [-0.15, -0.1) is 0 Å². The summed E-state index contributed by atoms with van der Waals surface area (Å²) in [5.74, 6) is -1.21. The molecule has 0 amide bonds. The van der Waals surface area contributed by atoms with Gasteiger partial charge in [0.2, 0.25) is 0 Å². The van der Waals surface area contributed by atoms with Gasteiger partial charge in [-0.05, 0) is 54.2 Å². The second-order valence-corrected chi connectivity index (χ2v) is 8.71. The predicted molar refractivity (Wildman–Crippen MR) is 141 cm³/mol. The number of hydrogen-bond acceptors (Lipinski definition) is 6. The van der Waals surface area contributed by atoms with E-state index in [-0.39, 0.29) is 29.0 Å². The average Bonchev–Trinajstić information content (AvgIpc) is 2.92. The lowest BCUT2D eigenvalue weighted by atomic mass is 9.95. The maximum atomic E-state index is 13.4. The largest absolute Gasteiger partial charge is 0.425 e. The van der Waals surface area contributed by atoms with Crippen LogP contribution in [0.5, 0.6) is 11.5 Å². The fourth-order valence-electron chi connectivity index (χ4n) is 3.97. The van der Waals surface area contributed by atoms with Gasteiger partial charge in [0.15, 0.2) is 5.75 Å². The van der Waals surface area contributed by atoms with Gasteiger partial charge in [0.25, 0.3) is 0 Å². The Bertz CT molecular complexity index is 1330. The Kier molecular flexibility index (Phi) is 10.00. The van der Waals surface area contributed by atoms with E-state index in [4.69, 9.17) is 9.47 Å². The zero-order valence-corrected chi connectivity index (χ0v) is 21.3. The number of ether oxygens (including phenoxy) is 2. The number of carbonyl (C=O) groups excluding carboxylic acids is 2. The van der Waals surface area contributed by atoms with Crippen molar-refractivity contribution in [2.75, 3.05) is 0 Å². The van der Waals surface area contributed by atoms with E-state index < -0.39 is 11.9 Å². The Hall–Kier alpha value is -4.42. The van der Waals surface area contributed by atoms with Crippen molar-refractivity contribution in [3.05, 3.63) is 82.9 Å². The summed E-state index contributed by atoms with van der Waals surface area (Å²) in [5, 5.41) is 19.5. The zero-order chi connectivity index (χ0) is 26.6. The lowest BCUT2D eigenvalue weighted by molar-refractivity contribution is -0.134. The van der Waals surface area contributed by atoms with E-state index in [0.29, 0.717) is 17.5 Å². The maximum Gasteiger partial charge on any atom is 0.344 e. The van der Waals surface area contributed by atoms with Crippen molar-refractivity contribution >= 4 is 11.9 Å². The van der Waals surface area contributed by atoms with Gasteiger partial charge in [-0.2, -0.15) is 10.5 Å². The normalized spacial score (nSPS) is 10.3. The van der Waals surface area contributed by atoms with Crippen LogP contribution in [0, 0.1) is 22.7 Å². The van der Waals surface area contributed by atoms with E-state index in [1.165, 1.54) is 12.1 Å². The minimum Gasteiger partial charge on any atom is -0.425 e. The molecule has 0 saturated carbocycles. The van der Waals surface area contributed by atoms with Crippen molar-refractivity contribution in [3.63, 3.8) is 0 Å². The van der Waals surface area contributed by atoms with E-state index >= 15 is 0 Å². The lowest BCUT2D eigenvalue weighted by Gasteiger charge is -2.14. The molecule has 3 aromatic carbocycles. The first kappa shape index (κ1) is 27.2. The SMILES string of the molecule is CCCCCc1ccc(-c2ccccc2)c(C(=O)Oc2ccc(OC(=O)CCCC)c(C#N)c2C#N)c1. The van der Waals surface area contributed by atoms with Crippen LogP contribution in [0.2, 0.25) is 0 Å². The molecule has 0 aliphatic rings. The minimum atomic E-state index is -0.635. The highest BCUT2D eigenvalue weighted by Gasteiger charge is 2.22. The monoisotopic (exact) mass is 494 g/mol. The molecule has 3 rings (SSSR count). The van der Waals surface area contributed by atoms with Gasteiger partial charge in [-0.1, -0.05) is 75.6 Å². The molecule has 0 unspecified atom stereocenters. The van der Waals surface area contributed by atoms with E-state index in [1.807, 2.05) is 67.6 Å². The molecule has 0 spiro atoms. The number of benzene rings is 3. The van der Waals surface area contributed by atoms with Gasteiger partial charge in [-0.25, -0.2) is 4.79 Å². The Morgan fingerprint density at radius 2 is 1.43 bits per heavy atom. The van der Waals surface area contributed by atoms with Crippen molar-refractivity contribution < 1.29 is 19.1 Å². The highest BCUT2D eigenvalue weighted by molar-refractivity contribution is 5.99. The first-order valence-corrected chi connectivity index (χ1v) is 12.6. The summed E-state index contributed by atoms with van der Waals surface area (Å²) in [6.45, 7) is 4.09. The Morgan fingerprint density at radius 3 is 2.05 bits per heavy atom. The van der Waals surface area contributed by atoms with Crippen LogP contribution in [-0.4, -0.2) is 11.9 Å². The number of carbonyl (C=O) groups is 2. The van der Waals surface area contributed by atoms with Gasteiger partial charge >= 0.3 is 11.9 Å². The molecule has 0 fully saturated rings. The van der Waals surface area contributed by atoms with Gasteiger partial charge in [0.1, 0.15) is 29.0 Å². The predicted octanol–water partition coefficient (Wildman–Crippen LogP) is 7.14.